The number of phenols is 1. The Morgan fingerprint density at radius 2 is 1.72 bits per heavy atom. The third-order valence-electron chi connectivity index (χ3n) is 8.49. The van der Waals surface area contributed by atoms with Crippen LogP contribution < -0.4 is 30.1 Å². The summed E-state index contributed by atoms with van der Waals surface area (Å²) in [5.41, 5.74) is 0.950. The number of imidazole rings is 1. The molecule has 0 bridgehead atoms. The SMILES string of the molecule is Cn1c(=O)n(C2CCC(=O)NC2=O)c2ccc(Oc3ccc(CC(=O)Nc4ccc5c(F)c(N6CC(=O)NS6(=O)=O)c(O)cc5c4)cc3)cc21. The van der Waals surface area contributed by atoms with Crippen LogP contribution in [0, 0.1) is 5.82 Å². The molecule has 2 saturated heterocycles. The van der Waals surface area contributed by atoms with Crippen LogP contribution >= 0.6 is 0 Å². The average Bonchev–Trinajstić information content (AvgIpc) is 3.46. The lowest BCUT2D eigenvalue weighted by molar-refractivity contribution is -0.135. The van der Waals surface area contributed by atoms with Crippen molar-refractivity contribution in [2.45, 2.75) is 25.3 Å². The van der Waals surface area contributed by atoms with Crippen molar-refractivity contribution < 1.29 is 41.8 Å². The predicted molar refractivity (Wildman–Crippen MR) is 177 cm³/mol. The van der Waals surface area contributed by atoms with Crippen LogP contribution in [0.1, 0.15) is 24.4 Å². The molecule has 17 heteroatoms. The van der Waals surface area contributed by atoms with E-state index in [4.69, 9.17) is 4.74 Å². The molecule has 0 radical (unpaired) electrons. The molecule has 2 fully saturated rings. The fourth-order valence-corrected chi connectivity index (χ4v) is 7.30. The molecule has 15 nitrogen and oxygen atoms in total. The minimum absolute atomic E-state index is 0.0212. The second kappa shape index (κ2) is 12.0. The molecule has 3 heterocycles. The van der Waals surface area contributed by atoms with Gasteiger partial charge in [-0.25, -0.2) is 18.2 Å². The number of fused-ring (bicyclic) bond motifs is 2. The van der Waals surface area contributed by atoms with Gasteiger partial charge in [0.1, 0.15) is 35.5 Å². The van der Waals surface area contributed by atoms with Gasteiger partial charge in [-0.3, -0.25) is 33.6 Å². The van der Waals surface area contributed by atoms with E-state index in [0.29, 0.717) is 38.1 Å². The van der Waals surface area contributed by atoms with Gasteiger partial charge in [-0.2, -0.15) is 8.42 Å². The highest BCUT2D eigenvalue weighted by Gasteiger charge is 2.38. The van der Waals surface area contributed by atoms with Crippen molar-refractivity contribution in [3.05, 3.63) is 88.6 Å². The molecule has 4 N–H and O–H groups in total. The van der Waals surface area contributed by atoms with Crippen LogP contribution in [-0.4, -0.2) is 52.8 Å². The first-order valence-electron chi connectivity index (χ1n) is 15.2. The number of hydrogen-bond donors (Lipinski definition) is 4. The second-order valence-electron chi connectivity index (χ2n) is 11.8. The molecule has 256 valence electrons. The zero-order chi connectivity index (χ0) is 35.5. The summed E-state index contributed by atoms with van der Waals surface area (Å²) in [5.74, 6) is -3.01. The van der Waals surface area contributed by atoms with E-state index in [-0.39, 0.29) is 41.8 Å². The fourth-order valence-electron chi connectivity index (χ4n) is 6.14. The average molecular weight is 703 g/mol. The molecule has 2 aliphatic rings. The summed E-state index contributed by atoms with van der Waals surface area (Å²) in [6, 6.07) is 16.3. The van der Waals surface area contributed by atoms with Gasteiger partial charge in [0.15, 0.2) is 5.82 Å². The zero-order valence-corrected chi connectivity index (χ0v) is 26.9. The molecule has 1 aromatic heterocycles. The number of aryl methyl sites for hydroxylation is 1. The van der Waals surface area contributed by atoms with E-state index in [1.54, 1.807) is 54.2 Å². The Balaban J connectivity index is 1.02. The minimum atomic E-state index is -4.35. The van der Waals surface area contributed by atoms with Gasteiger partial charge in [0.2, 0.25) is 17.7 Å². The van der Waals surface area contributed by atoms with Gasteiger partial charge < -0.3 is 15.2 Å². The normalized spacial score (nSPS) is 17.2. The van der Waals surface area contributed by atoms with Gasteiger partial charge in [-0.15, -0.1) is 0 Å². The van der Waals surface area contributed by atoms with Crippen molar-refractivity contribution in [3.8, 4) is 17.2 Å². The van der Waals surface area contributed by atoms with Gasteiger partial charge in [0, 0.05) is 30.6 Å². The molecule has 4 amide bonds. The van der Waals surface area contributed by atoms with Crippen LogP contribution in [0.5, 0.6) is 17.2 Å². The van der Waals surface area contributed by atoms with Gasteiger partial charge >= 0.3 is 15.9 Å². The lowest BCUT2D eigenvalue weighted by Gasteiger charge is -2.21. The van der Waals surface area contributed by atoms with E-state index in [2.05, 4.69) is 10.6 Å². The van der Waals surface area contributed by atoms with Crippen LogP contribution in [0.4, 0.5) is 15.8 Å². The molecule has 5 aromatic rings. The third-order valence-corrected chi connectivity index (χ3v) is 9.87. The maximum atomic E-state index is 15.4. The third kappa shape index (κ3) is 5.76. The number of carbonyl (C=O) groups excluding carboxylic acids is 4. The van der Waals surface area contributed by atoms with Crippen LogP contribution in [0.15, 0.2) is 71.5 Å². The van der Waals surface area contributed by atoms with Gasteiger partial charge in [0.05, 0.1) is 17.5 Å². The van der Waals surface area contributed by atoms with Crippen molar-refractivity contribution in [2.24, 2.45) is 7.05 Å². The van der Waals surface area contributed by atoms with Crippen molar-refractivity contribution in [2.75, 3.05) is 16.2 Å². The highest BCUT2D eigenvalue weighted by atomic mass is 32.2. The van der Waals surface area contributed by atoms with Crippen LogP contribution in [0.3, 0.4) is 0 Å². The summed E-state index contributed by atoms with van der Waals surface area (Å²) in [6.07, 6.45) is 0.333. The minimum Gasteiger partial charge on any atom is -0.506 e. The molecule has 7 rings (SSSR count). The number of rotatable bonds is 7. The molecular formula is C33H27FN6O9S. The fraction of sp³-hybridized carbons (Fsp3) is 0.182. The summed E-state index contributed by atoms with van der Waals surface area (Å²) >= 11 is 0. The van der Waals surface area contributed by atoms with E-state index >= 15 is 4.39 Å². The highest BCUT2D eigenvalue weighted by Crippen LogP contribution is 2.39. The number of ether oxygens (including phenoxy) is 1. The van der Waals surface area contributed by atoms with Crippen molar-refractivity contribution in [1.29, 1.82) is 0 Å². The monoisotopic (exact) mass is 702 g/mol. The Morgan fingerprint density at radius 3 is 2.42 bits per heavy atom. The molecule has 4 aromatic carbocycles. The summed E-state index contributed by atoms with van der Waals surface area (Å²) < 4.78 is 50.7. The molecule has 2 aliphatic heterocycles. The molecule has 0 spiro atoms. The first kappa shape index (κ1) is 32.3. The number of aromatic hydroxyl groups is 1. The Morgan fingerprint density at radius 1 is 0.980 bits per heavy atom. The lowest BCUT2D eigenvalue weighted by atomic mass is 10.1. The number of imide groups is 1. The molecule has 0 aliphatic carbocycles. The van der Waals surface area contributed by atoms with Crippen molar-refractivity contribution >= 4 is 67.0 Å². The molecule has 1 unspecified atom stereocenters. The predicted octanol–water partition coefficient (Wildman–Crippen LogP) is 2.47. The Kier molecular flexibility index (Phi) is 7.77. The zero-order valence-electron chi connectivity index (χ0n) is 26.1. The lowest BCUT2D eigenvalue weighted by Crippen LogP contribution is -2.44. The number of amides is 4. The van der Waals surface area contributed by atoms with E-state index in [9.17, 15) is 37.5 Å². The Hall–Kier alpha value is -6.23. The summed E-state index contributed by atoms with van der Waals surface area (Å²) in [4.78, 5) is 61.5. The molecule has 1 atom stereocenters. The summed E-state index contributed by atoms with van der Waals surface area (Å²) in [6.45, 7) is -0.680. The van der Waals surface area contributed by atoms with Crippen LogP contribution in [0.2, 0.25) is 0 Å². The van der Waals surface area contributed by atoms with Crippen LogP contribution in [0.25, 0.3) is 21.8 Å². The number of phenolic OH excluding ortho intramolecular Hbond substituents is 1. The summed E-state index contributed by atoms with van der Waals surface area (Å²) in [7, 11) is -2.77. The maximum Gasteiger partial charge on any atom is 0.329 e. The van der Waals surface area contributed by atoms with Gasteiger partial charge in [0.25, 0.3) is 5.91 Å². The summed E-state index contributed by atoms with van der Waals surface area (Å²) in [5, 5.41) is 15.6. The van der Waals surface area contributed by atoms with Crippen LogP contribution in [-0.2, 0) is 42.9 Å². The molecule has 0 saturated carbocycles. The topological polar surface area (TPSA) is 198 Å². The van der Waals surface area contributed by atoms with Gasteiger partial charge in [-0.05, 0) is 65.9 Å². The van der Waals surface area contributed by atoms with E-state index in [0.717, 1.165) is 6.07 Å². The quantitative estimate of drug-likeness (QED) is 0.184. The van der Waals surface area contributed by atoms with Crippen molar-refractivity contribution in [3.63, 3.8) is 0 Å². The second-order valence-corrected chi connectivity index (χ2v) is 13.4. The molecule has 50 heavy (non-hydrogen) atoms. The number of aromatic nitrogens is 2. The largest absolute Gasteiger partial charge is 0.506 e. The van der Waals surface area contributed by atoms with Gasteiger partial charge in [-0.1, -0.05) is 12.1 Å². The number of nitrogens with zero attached hydrogens (tertiary/aromatic N) is 3. The maximum absolute atomic E-state index is 15.4. The number of halogens is 1. The number of piperidine rings is 1. The highest BCUT2D eigenvalue weighted by molar-refractivity contribution is 7.92. The first-order chi connectivity index (χ1) is 23.8. The Labute approximate surface area is 282 Å². The first-order valence-corrected chi connectivity index (χ1v) is 16.6. The van der Waals surface area contributed by atoms with E-state index < -0.39 is 57.6 Å². The Bertz CT molecular complexity index is 2460. The van der Waals surface area contributed by atoms with E-state index in [1.807, 2.05) is 0 Å². The van der Waals surface area contributed by atoms with Crippen molar-refractivity contribution in [1.82, 2.24) is 19.2 Å². The number of anilines is 2. The number of carbonyl (C=O) groups is 4. The standard InChI is InChI=1S/C33H27FN6O9S/c1-38-25-15-21(7-9-23(25)40(33(38)46)24-10-11-27(42)36-32(24)45)49-20-5-2-17(3-6-20)12-28(43)35-19-4-8-22-18(13-19)14-26(41)31(30(22)34)39-16-29(44)37-50(39,47)48/h2-9,13-15,24,41H,10-12,16H2,1H3,(H,35,43)(H,37,44)(H,36,42,45). The smallest absolute Gasteiger partial charge is 0.329 e. The van der Waals surface area contributed by atoms with E-state index in [1.165, 1.54) is 27.3 Å². The number of nitrogens with one attached hydrogen (secondary N) is 3. The number of hydrogen-bond acceptors (Lipinski definition) is 9. The number of benzene rings is 4. The molecular weight excluding hydrogens is 675 g/mol.